The number of halogens is 1. The van der Waals surface area contributed by atoms with Crippen LogP contribution in [-0.4, -0.2) is 38.0 Å². The van der Waals surface area contributed by atoms with Crippen LogP contribution in [0, 0.1) is 6.92 Å². The van der Waals surface area contributed by atoms with E-state index in [1.807, 2.05) is 82.4 Å². The Morgan fingerprint density at radius 3 is 2.31 bits per heavy atom. The van der Waals surface area contributed by atoms with Gasteiger partial charge in [-0.2, -0.15) is 0 Å². The van der Waals surface area contributed by atoms with Gasteiger partial charge < -0.3 is 25.3 Å². The minimum Gasteiger partial charge on any atom is -0.567 e. The summed E-state index contributed by atoms with van der Waals surface area (Å²) in [5.74, 6) is 1.60. The Hall–Kier alpha value is -1.99. The number of rotatable bonds is 11. The number of hydrogen-bond donors (Lipinski definition) is 1. The summed E-state index contributed by atoms with van der Waals surface area (Å²) in [5, 5.41) is 0.656. The van der Waals surface area contributed by atoms with Crippen LogP contribution in [0.4, 0.5) is 11.5 Å². The predicted octanol–water partition coefficient (Wildman–Crippen LogP) is 6.65. The fraction of sp³-hybridized carbons (Fsp3) is 0.333. The molecule has 3 aromatic rings. The second-order valence-electron chi connectivity index (χ2n) is 7.61. The first-order valence-corrected chi connectivity index (χ1v) is 11.8. The first-order chi connectivity index (χ1) is 16.5. The van der Waals surface area contributed by atoms with E-state index in [1.54, 1.807) is 19.2 Å². The Bertz CT molecular complexity index is 1000. The monoisotopic (exact) mass is 570 g/mol. The Labute approximate surface area is 239 Å². The van der Waals surface area contributed by atoms with Gasteiger partial charge in [0, 0.05) is 62.7 Å². The molecule has 185 valence electrons. The van der Waals surface area contributed by atoms with E-state index in [-0.39, 0.29) is 51.1 Å². The second-order valence-corrected chi connectivity index (χ2v) is 8.05. The van der Waals surface area contributed by atoms with Crippen LogP contribution in [0.15, 0.2) is 66.7 Å². The van der Waals surface area contributed by atoms with Gasteiger partial charge in [-0.3, -0.25) is 0 Å². The maximum atomic E-state index is 11.6. The number of carbonyl (C=O) groups is 1. The molecule has 1 N–H and O–H groups in total. The average Bonchev–Trinajstić information content (AvgIpc) is 2.87. The first-order valence-electron chi connectivity index (χ1n) is 11.4. The maximum Gasteiger partial charge on any atom is 0.128 e. The van der Waals surface area contributed by atoms with E-state index in [0.29, 0.717) is 11.6 Å². The van der Waals surface area contributed by atoms with Gasteiger partial charge in [0.15, 0.2) is 0 Å². The van der Waals surface area contributed by atoms with Crippen molar-refractivity contribution >= 4 is 29.4 Å². The maximum absolute atomic E-state index is 11.6. The van der Waals surface area contributed by atoms with Gasteiger partial charge >= 0.3 is 0 Å². The number of carbonyl (C=O) groups excluding carboxylic acids is 1. The number of likely N-dealkylation sites (N-methyl/N-ethyl adjacent to an activating group) is 1. The van der Waals surface area contributed by atoms with Gasteiger partial charge in [0.1, 0.15) is 17.9 Å². The Morgan fingerprint density at radius 1 is 1.09 bits per heavy atom. The van der Waals surface area contributed by atoms with Crippen LogP contribution in [-0.2, 0) is 37.5 Å². The molecule has 3 rings (SSSR count). The molecule has 2 atom stereocenters. The zero-order valence-electron chi connectivity index (χ0n) is 21.1. The Kier molecular flexibility index (Phi) is 14.8. The molecule has 0 aliphatic rings. The van der Waals surface area contributed by atoms with Crippen LogP contribution in [0.5, 0.6) is 5.75 Å². The van der Waals surface area contributed by atoms with Gasteiger partial charge in [0.2, 0.25) is 0 Å². The number of anilines is 2. The molecular formula is C27H34ClN4O2Y-. The van der Waals surface area contributed by atoms with Gasteiger partial charge in [-0.15, -0.1) is 6.04 Å². The number of methoxy groups -OCH3 is 1. The quantitative estimate of drug-likeness (QED) is 0.206. The molecule has 35 heavy (non-hydrogen) atoms. The number of nitrogens with zero attached hydrogens (tertiary/aromatic N) is 3. The summed E-state index contributed by atoms with van der Waals surface area (Å²) in [4.78, 5) is 18.3. The molecule has 8 heteroatoms. The number of hydrogen-bond acceptors (Lipinski definition) is 5. The average molecular weight is 571 g/mol. The molecule has 0 amide bonds. The summed E-state index contributed by atoms with van der Waals surface area (Å²) in [7, 11) is 3.65. The van der Waals surface area contributed by atoms with E-state index in [9.17, 15) is 4.79 Å². The van der Waals surface area contributed by atoms with Gasteiger partial charge in [-0.25, -0.2) is 4.98 Å². The normalized spacial score (nSPS) is 11.7. The second kappa shape index (κ2) is 16.6. The fourth-order valence-electron chi connectivity index (χ4n) is 3.52. The van der Waals surface area contributed by atoms with E-state index < -0.39 is 0 Å². The first kappa shape index (κ1) is 31.0. The van der Waals surface area contributed by atoms with E-state index >= 15 is 0 Å². The zero-order valence-corrected chi connectivity index (χ0v) is 24.7. The number of aromatic nitrogens is 1. The van der Waals surface area contributed by atoms with Crippen molar-refractivity contribution in [2.75, 3.05) is 31.0 Å². The molecule has 0 spiro atoms. The molecule has 0 fully saturated rings. The standard InChI is InChI=1S/C25H28ClN4O2.C2H6.Y/c1-18-5-4-6-25(27-18)30(2)17-23(19-7-13-22(32-3)14-8-19)24(15-16-31)29-28-21-11-9-20(26)10-12-21;1-2;/h4-14,16,23-24,28H,15,17H2,1-3H3;1-2H3;/q-1;;. The Morgan fingerprint density at radius 2 is 1.74 bits per heavy atom. The summed E-state index contributed by atoms with van der Waals surface area (Å²) in [6.45, 7) is 6.60. The minimum absolute atomic E-state index is 0. The summed E-state index contributed by atoms with van der Waals surface area (Å²) >= 11 is 5.98. The van der Waals surface area contributed by atoms with E-state index in [1.165, 1.54) is 0 Å². The molecule has 0 aliphatic carbocycles. The van der Waals surface area contributed by atoms with E-state index in [0.717, 1.165) is 34.8 Å². The largest absolute Gasteiger partial charge is 0.567 e. The summed E-state index contributed by atoms with van der Waals surface area (Å²) < 4.78 is 5.31. The molecule has 6 nitrogen and oxygen atoms in total. The molecule has 0 bridgehead atoms. The van der Waals surface area contributed by atoms with Gasteiger partial charge in [-0.05, 0) is 73.4 Å². The molecule has 0 aliphatic heterocycles. The SMILES string of the molecule is CC.COc1ccc(C(CN(C)c2cccc(C)n2)C(CC=O)[N-]Nc2ccc(Cl)cc2)cc1.[Y]. The van der Waals surface area contributed by atoms with Crippen LogP contribution in [0.25, 0.3) is 5.43 Å². The van der Waals surface area contributed by atoms with Gasteiger partial charge in [0.25, 0.3) is 0 Å². The van der Waals surface area contributed by atoms with Crippen molar-refractivity contribution in [2.24, 2.45) is 0 Å². The number of ether oxygens (including phenoxy) is 1. The van der Waals surface area contributed by atoms with Crippen LogP contribution in [0.1, 0.15) is 37.4 Å². The number of pyridine rings is 1. The summed E-state index contributed by atoms with van der Waals surface area (Å²) in [6, 6.07) is 20.9. The summed E-state index contributed by atoms with van der Waals surface area (Å²) in [5.41, 5.74) is 10.6. The smallest absolute Gasteiger partial charge is 0.128 e. The fourth-order valence-corrected chi connectivity index (χ4v) is 3.64. The van der Waals surface area contributed by atoms with E-state index in [2.05, 4.69) is 15.3 Å². The van der Waals surface area contributed by atoms with Crippen molar-refractivity contribution in [2.45, 2.75) is 39.2 Å². The molecule has 1 heterocycles. The van der Waals surface area contributed by atoms with Crippen LogP contribution in [0.3, 0.4) is 0 Å². The number of benzene rings is 2. The third kappa shape index (κ3) is 9.88. The summed E-state index contributed by atoms with van der Waals surface area (Å²) in [6.07, 6.45) is 1.20. The number of aldehydes is 1. The molecule has 1 radical (unpaired) electrons. The van der Waals surface area contributed by atoms with Crippen molar-refractivity contribution in [3.05, 3.63) is 88.4 Å². The number of aryl methyl sites for hydroxylation is 1. The van der Waals surface area contributed by atoms with Crippen molar-refractivity contribution < 1.29 is 42.2 Å². The van der Waals surface area contributed by atoms with Gasteiger partial charge in [0.05, 0.1) is 7.11 Å². The molecular weight excluding hydrogens is 537 g/mol. The third-order valence-corrected chi connectivity index (χ3v) is 5.54. The molecule has 0 saturated heterocycles. The molecule has 1 aromatic heterocycles. The van der Waals surface area contributed by atoms with Crippen molar-refractivity contribution in [1.29, 1.82) is 0 Å². The predicted molar refractivity (Wildman–Crippen MR) is 142 cm³/mol. The minimum atomic E-state index is -0.288. The molecule has 0 saturated carbocycles. The van der Waals surface area contributed by atoms with Crippen LogP contribution >= 0.6 is 11.6 Å². The molecule has 2 aromatic carbocycles. The van der Waals surface area contributed by atoms with Crippen molar-refractivity contribution in [1.82, 2.24) is 4.98 Å². The topological polar surface area (TPSA) is 68.6 Å². The number of nitrogens with one attached hydrogen (secondary N) is 1. The van der Waals surface area contributed by atoms with Crippen LogP contribution in [0.2, 0.25) is 5.02 Å². The van der Waals surface area contributed by atoms with Gasteiger partial charge in [-0.1, -0.05) is 43.6 Å². The van der Waals surface area contributed by atoms with Crippen LogP contribution < -0.4 is 15.1 Å². The zero-order chi connectivity index (χ0) is 24.9. The van der Waals surface area contributed by atoms with E-state index in [4.69, 9.17) is 21.8 Å². The van der Waals surface area contributed by atoms with Crippen molar-refractivity contribution in [3.8, 4) is 5.75 Å². The third-order valence-electron chi connectivity index (χ3n) is 5.29. The Balaban J connectivity index is 0.00000199. The van der Waals surface area contributed by atoms with Crippen molar-refractivity contribution in [3.63, 3.8) is 0 Å². The molecule has 2 unspecified atom stereocenters.